The van der Waals surface area contributed by atoms with Crippen molar-refractivity contribution < 1.29 is 43.2 Å². The average molecular weight is 907 g/mol. The van der Waals surface area contributed by atoms with Crippen LogP contribution in [0.4, 0.5) is 0 Å². The molecule has 64 heavy (non-hydrogen) atoms. The molecule has 0 spiro atoms. The van der Waals surface area contributed by atoms with Crippen LogP contribution in [-0.4, -0.2) is 126 Å². The van der Waals surface area contributed by atoms with Crippen LogP contribution < -0.4 is 43.2 Å². The molecule has 0 aliphatic carbocycles. The summed E-state index contributed by atoms with van der Waals surface area (Å²) in [7, 11) is 0. The normalized spacial score (nSPS) is 15.5. The predicted molar refractivity (Wildman–Crippen MR) is 244 cm³/mol. The zero-order chi connectivity index (χ0) is 48.5. The number of nitrogens with two attached hydrogens (primary N) is 1. The number of hydrogen-bond acceptors (Lipinski definition) is 10. The Hall–Kier alpha value is -4.81. The number of amides is 9. The minimum absolute atomic E-state index is 0.00166. The van der Waals surface area contributed by atoms with Crippen LogP contribution in [0.25, 0.3) is 0 Å². The summed E-state index contributed by atoms with van der Waals surface area (Å²) in [6.45, 7) is 19.1. The van der Waals surface area contributed by atoms with E-state index in [2.05, 4.69) is 37.4 Å². The predicted octanol–water partition coefficient (Wildman–Crippen LogP) is 1.53. The summed E-state index contributed by atoms with van der Waals surface area (Å²) < 4.78 is 0. The van der Waals surface area contributed by atoms with Gasteiger partial charge in [-0.2, -0.15) is 0 Å². The van der Waals surface area contributed by atoms with Gasteiger partial charge < -0.3 is 42.1 Å². The first kappa shape index (κ1) is 57.2. The molecule has 0 bridgehead atoms. The van der Waals surface area contributed by atoms with Gasteiger partial charge in [-0.1, -0.05) is 61.8 Å². The first-order valence-corrected chi connectivity index (χ1v) is 23.4. The third kappa shape index (κ3) is 23.2. The number of nitrogens with one attached hydrogen (secondary N) is 7. The van der Waals surface area contributed by atoms with Crippen molar-refractivity contribution in [2.24, 2.45) is 29.4 Å². The molecule has 0 aromatic carbocycles. The van der Waals surface area contributed by atoms with Crippen LogP contribution >= 0.6 is 0 Å². The Morgan fingerprint density at radius 2 is 1.14 bits per heavy atom. The number of unbranched alkanes of at least 4 members (excludes halogenated alkanes) is 3. The second-order valence-corrected chi connectivity index (χ2v) is 18.8. The number of likely N-dealkylation sites (tertiary alicyclic amines) is 1. The number of hydrogen-bond donors (Lipinski definition) is 8. The second-order valence-electron chi connectivity index (χ2n) is 18.8. The molecule has 0 aromatic heterocycles. The summed E-state index contributed by atoms with van der Waals surface area (Å²) in [5.74, 6) is -4.24. The van der Waals surface area contributed by atoms with Crippen molar-refractivity contribution in [3.05, 3.63) is 0 Å². The lowest BCUT2D eigenvalue weighted by Gasteiger charge is -2.31. The van der Waals surface area contributed by atoms with Gasteiger partial charge >= 0.3 is 0 Å². The lowest BCUT2D eigenvalue weighted by atomic mass is 9.98. The van der Waals surface area contributed by atoms with Crippen LogP contribution in [0.5, 0.6) is 0 Å². The lowest BCUT2D eigenvalue weighted by molar-refractivity contribution is -0.142. The Kier molecular flexibility index (Phi) is 27.1. The Bertz CT molecular complexity index is 1540. The van der Waals surface area contributed by atoms with Gasteiger partial charge in [0, 0.05) is 39.9 Å². The van der Waals surface area contributed by atoms with Crippen molar-refractivity contribution in [2.75, 3.05) is 32.7 Å². The molecule has 9 amide bonds. The molecule has 0 unspecified atom stereocenters. The zero-order valence-electron chi connectivity index (χ0n) is 40.4. The van der Waals surface area contributed by atoms with E-state index in [1.54, 1.807) is 0 Å². The highest BCUT2D eigenvalue weighted by molar-refractivity contribution is 5.96. The van der Waals surface area contributed by atoms with E-state index in [-0.39, 0.29) is 67.7 Å². The van der Waals surface area contributed by atoms with E-state index in [0.29, 0.717) is 71.0 Å². The molecule has 1 aliphatic heterocycles. The van der Waals surface area contributed by atoms with Gasteiger partial charge in [-0.15, -0.1) is 0 Å². The summed E-state index contributed by atoms with van der Waals surface area (Å²) in [6.07, 6.45) is 5.30. The van der Waals surface area contributed by atoms with Crippen molar-refractivity contribution in [3.8, 4) is 0 Å². The van der Waals surface area contributed by atoms with Crippen LogP contribution in [0.1, 0.15) is 146 Å². The van der Waals surface area contributed by atoms with E-state index in [1.165, 1.54) is 23.6 Å². The highest BCUT2D eigenvalue weighted by Crippen LogP contribution is 2.19. The maximum Gasteiger partial charge on any atom is 0.260 e. The van der Waals surface area contributed by atoms with Gasteiger partial charge in [-0.3, -0.25) is 54.0 Å². The summed E-state index contributed by atoms with van der Waals surface area (Å²) in [4.78, 5) is 121. The van der Waals surface area contributed by atoms with Crippen LogP contribution in [0, 0.1) is 23.7 Å². The Balaban J connectivity index is 3.18. The largest absolute Gasteiger partial charge is 0.356 e. The zero-order valence-corrected chi connectivity index (χ0v) is 40.4. The third-order valence-corrected chi connectivity index (χ3v) is 10.6. The Morgan fingerprint density at radius 3 is 1.66 bits per heavy atom. The number of rotatable bonds is 29. The molecule has 0 saturated carbocycles. The van der Waals surface area contributed by atoms with E-state index in [0.717, 1.165) is 0 Å². The van der Waals surface area contributed by atoms with Gasteiger partial charge in [-0.05, 0) is 94.4 Å². The van der Waals surface area contributed by atoms with E-state index < -0.39 is 78.1 Å². The van der Waals surface area contributed by atoms with Gasteiger partial charge in [0.15, 0.2) is 0 Å². The molecule has 9 N–H and O–H groups in total. The third-order valence-electron chi connectivity index (χ3n) is 10.6. The quantitative estimate of drug-likeness (QED) is 0.0396. The molecule has 0 aromatic rings. The van der Waals surface area contributed by atoms with Gasteiger partial charge in [0.1, 0.15) is 30.2 Å². The molecular formula is C45H82N10O9. The average Bonchev–Trinajstić information content (AvgIpc) is 3.70. The molecule has 0 radical (unpaired) electrons. The summed E-state index contributed by atoms with van der Waals surface area (Å²) >= 11 is 0. The molecule has 366 valence electrons. The smallest absolute Gasteiger partial charge is 0.260 e. The molecule has 1 aliphatic rings. The van der Waals surface area contributed by atoms with E-state index >= 15 is 0 Å². The first-order chi connectivity index (χ1) is 30.0. The van der Waals surface area contributed by atoms with Crippen LogP contribution in [0.2, 0.25) is 0 Å². The topological polar surface area (TPSA) is 270 Å². The highest BCUT2D eigenvalue weighted by atomic mass is 16.2. The molecule has 1 fully saturated rings. The highest BCUT2D eigenvalue weighted by Gasteiger charge is 2.37. The molecule has 19 nitrogen and oxygen atoms in total. The van der Waals surface area contributed by atoms with Gasteiger partial charge in [0.05, 0.1) is 6.54 Å². The lowest BCUT2D eigenvalue weighted by Crippen LogP contribution is -2.59. The van der Waals surface area contributed by atoms with Crippen molar-refractivity contribution in [1.82, 2.24) is 47.2 Å². The Morgan fingerprint density at radius 1 is 0.609 bits per heavy atom. The molecule has 1 rings (SSSR count). The summed E-state index contributed by atoms with van der Waals surface area (Å²) in [5.41, 5.74) is 10.6. The van der Waals surface area contributed by atoms with E-state index in [9.17, 15) is 43.2 Å². The van der Waals surface area contributed by atoms with Gasteiger partial charge in [0.2, 0.25) is 47.3 Å². The van der Waals surface area contributed by atoms with Crippen molar-refractivity contribution in [2.45, 2.75) is 176 Å². The molecule has 1 heterocycles. The first-order valence-electron chi connectivity index (χ1n) is 23.4. The minimum atomic E-state index is -1.09. The number of hydrazine groups is 1. The number of carbonyl (C=O) groups excluding carboxylic acids is 9. The standard InChI is InChI=1S/C45H82N10O9/c1-28(2)23-34(48-40(59)27-54(21-15-13-19-46)45(64)37(26-31(7)8)51-44(63)38-17-16-22-55(38)33(10)57)41(60)49-35(24-29(3)4)42(61)50-36(25-30(5)6)43(62)53-52-39(58)18-12-11-14-20-47-32(9)56/h28-31,34-38H,11-27,46H2,1-10H3,(H,47,56)(H,48,59)(H,49,60)(H,50,61)(H,51,63)(H,52,58)(H,53,62)/t34-,35-,36-,37-,38-/m0/s1. The van der Waals surface area contributed by atoms with Crippen molar-refractivity contribution in [1.29, 1.82) is 0 Å². The minimum Gasteiger partial charge on any atom is -0.356 e. The summed E-state index contributed by atoms with van der Waals surface area (Å²) in [6, 6.07) is -4.86. The molecule has 1 saturated heterocycles. The maximum atomic E-state index is 14.2. The van der Waals surface area contributed by atoms with E-state index in [4.69, 9.17) is 5.73 Å². The Labute approximate surface area is 381 Å². The molecular weight excluding hydrogens is 825 g/mol. The second kappa shape index (κ2) is 30.3. The number of nitrogens with zero attached hydrogens (tertiary/aromatic N) is 2. The molecule has 19 heteroatoms. The van der Waals surface area contributed by atoms with Gasteiger partial charge in [-0.25, -0.2) is 0 Å². The van der Waals surface area contributed by atoms with E-state index in [1.807, 2.05) is 55.4 Å². The van der Waals surface area contributed by atoms with Gasteiger partial charge in [0.25, 0.3) is 5.91 Å². The van der Waals surface area contributed by atoms with Crippen LogP contribution in [0.15, 0.2) is 0 Å². The molecule has 5 atom stereocenters. The monoisotopic (exact) mass is 907 g/mol. The SMILES string of the molecule is CC(=O)NCCCCCC(=O)NNC(=O)[C@H](CC(C)C)NC(=O)[C@H](CC(C)C)NC(=O)[C@H](CC(C)C)NC(=O)CN(CCCCN)C(=O)[C@H](CC(C)C)NC(=O)[C@@H]1CCCN1C(C)=O. The fourth-order valence-electron chi connectivity index (χ4n) is 7.51. The summed E-state index contributed by atoms with van der Waals surface area (Å²) in [5, 5.41) is 13.9. The van der Waals surface area contributed by atoms with Crippen molar-refractivity contribution >= 4 is 53.2 Å². The fourth-order valence-corrected chi connectivity index (χ4v) is 7.51. The number of carbonyl (C=O) groups is 9. The fraction of sp³-hybridized carbons (Fsp3) is 0.800. The maximum absolute atomic E-state index is 14.2. The van der Waals surface area contributed by atoms with Crippen LogP contribution in [-0.2, 0) is 43.2 Å². The van der Waals surface area contributed by atoms with Crippen molar-refractivity contribution in [3.63, 3.8) is 0 Å². The van der Waals surface area contributed by atoms with Crippen LogP contribution in [0.3, 0.4) is 0 Å².